The Labute approximate surface area is 169 Å². The van der Waals surface area contributed by atoms with Gasteiger partial charge >= 0.3 is 0 Å². The van der Waals surface area contributed by atoms with Crippen LogP contribution in [-0.2, 0) is 17.8 Å². The molecular weight excluding hydrogens is 368 g/mol. The number of ether oxygens (including phenoxy) is 1. The van der Waals surface area contributed by atoms with E-state index in [1.807, 2.05) is 49.1 Å². The van der Waals surface area contributed by atoms with Gasteiger partial charge in [0.1, 0.15) is 0 Å². The zero-order valence-corrected chi connectivity index (χ0v) is 16.8. The van der Waals surface area contributed by atoms with Crippen LogP contribution in [0, 0.1) is 5.92 Å². The van der Waals surface area contributed by atoms with Gasteiger partial charge in [-0.05, 0) is 41.8 Å². The van der Waals surface area contributed by atoms with Crippen LogP contribution >= 0.6 is 0 Å². The number of carbonyl (C=O) groups excluding carboxylic acids is 2. The normalized spacial score (nSPS) is 13.4. The zero-order valence-electron chi connectivity index (χ0n) is 16.8. The van der Waals surface area contributed by atoms with Crippen LogP contribution in [0.4, 0.5) is 5.69 Å². The summed E-state index contributed by atoms with van der Waals surface area (Å²) in [6.45, 7) is 5.13. The first-order valence-corrected chi connectivity index (χ1v) is 9.74. The second-order valence-corrected chi connectivity index (χ2v) is 7.59. The van der Waals surface area contributed by atoms with Crippen LogP contribution < -0.4 is 10.1 Å². The van der Waals surface area contributed by atoms with Gasteiger partial charge in [-0.25, -0.2) is 0 Å². The summed E-state index contributed by atoms with van der Waals surface area (Å²) in [5, 5.41) is 3.70. The maximum Gasteiger partial charge on any atom is 0.291 e. The van der Waals surface area contributed by atoms with Crippen molar-refractivity contribution < 1.29 is 18.7 Å². The van der Waals surface area contributed by atoms with E-state index in [0.717, 1.165) is 23.9 Å². The van der Waals surface area contributed by atoms with Crippen molar-refractivity contribution in [1.29, 1.82) is 0 Å². The molecule has 4 rings (SSSR count). The number of amides is 2. The standard InChI is InChI=1S/C23H24N2O4/c1-14(2)23(27)25-10-9-15-7-8-18(11-17(15)13-25)24-22(26)20-12-16-5-4-6-19(28-3)21(16)29-20/h4-8,11-12,14H,9-10,13H2,1-3H3,(H,24,26). The third kappa shape index (κ3) is 3.70. The molecule has 150 valence electrons. The van der Waals surface area contributed by atoms with Crippen molar-refractivity contribution in [1.82, 2.24) is 4.90 Å². The highest BCUT2D eigenvalue weighted by molar-refractivity contribution is 6.05. The van der Waals surface area contributed by atoms with E-state index in [9.17, 15) is 9.59 Å². The highest BCUT2D eigenvalue weighted by atomic mass is 16.5. The number of hydrogen-bond donors (Lipinski definition) is 1. The highest BCUT2D eigenvalue weighted by Gasteiger charge is 2.23. The van der Waals surface area contributed by atoms with Crippen molar-refractivity contribution >= 4 is 28.5 Å². The van der Waals surface area contributed by atoms with Crippen molar-refractivity contribution in [3.63, 3.8) is 0 Å². The summed E-state index contributed by atoms with van der Waals surface area (Å²) in [7, 11) is 1.57. The molecule has 0 unspecified atom stereocenters. The number of furan rings is 1. The van der Waals surface area contributed by atoms with Crippen LogP contribution in [0.3, 0.4) is 0 Å². The molecule has 6 heteroatoms. The Morgan fingerprint density at radius 1 is 1.14 bits per heavy atom. The summed E-state index contributed by atoms with van der Waals surface area (Å²) >= 11 is 0. The number of fused-ring (bicyclic) bond motifs is 2. The maximum atomic E-state index is 12.7. The lowest BCUT2D eigenvalue weighted by molar-refractivity contribution is -0.135. The van der Waals surface area contributed by atoms with Crippen molar-refractivity contribution in [2.45, 2.75) is 26.8 Å². The molecule has 0 saturated carbocycles. The van der Waals surface area contributed by atoms with Crippen LogP contribution in [0.1, 0.15) is 35.5 Å². The lowest BCUT2D eigenvalue weighted by Crippen LogP contribution is -2.38. The fourth-order valence-electron chi connectivity index (χ4n) is 3.69. The molecule has 1 aromatic heterocycles. The molecule has 0 aliphatic carbocycles. The Hall–Kier alpha value is -3.28. The van der Waals surface area contributed by atoms with Crippen LogP contribution in [0.15, 0.2) is 46.9 Å². The second-order valence-electron chi connectivity index (χ2n) is 7.59. The molecule has 0 radical (unpaired) electrons. The average molecular weight is 392 g/mol. The summed E-state index contributed by atoms with van der Waals surface area (Å²) in [5.41, 5.74) is 3.51. The van der Waals surface area contributed by atoms with E-state index in [2.05, 4.69) is 5.32 Å². The molecule has 3 aromatic rings. The first kappa shape index (κ1) is 19.1. The fourth-order valence-corrected chi connectivity index (χ4v) is 3.69. The number of methoxy groups -OCH3 is 1. The van der Waals surface area contributed by atoms with Gasteiger partial charge < -0.3 is 19.4 Å². The molecular formula is C23H24N2O4. The van der Waals surface area contributed by atoms with Crippen LogP contribution in [0.2, 0.25) is 0 Å². The number of hydrogen-bond acceptors (Lipinski definition) is 4. The molecule has 0 saturated heterocycles. The lowest BCUT2D eigenvalue weighted by Gasteiger charge is -2.30. The molecule has 0 fully saturated rings. The Kier molecular flexibility index (Phi) is 5.01. The molecule has 1 aliphatic heterocycles. The van der Waals surface area contributed by atoms with Crippen molar-refractivity contribution in [2.75, 3.05) is 19.0 Å². The van der Waals surface area contributed by atoms with Gasteiger partial charge in [0.2, 0.25) is 5.91 Å². The molecule has 2 amide bonds. The number of benzene rings is 2. The molecule has 0 bridgehead atoms. The van der Waals surface area contributed by atoms with Gasteiger partial charge in [0.25, 0.3) is 5.91 Å². The summed E-state index contributed by atoms with van der Waals surface area (Å²) in [6.07, 6.45) is 0.825. The van der Waals surface area contributed by atoms with Gasteiger partial charge in [-0.2, -0.15) is 0 Å². The molecule has 1 aliphatic rings. The van der Waals surface area contributed by atoms with Crippen molar-refractivity contribution in [3.05, 3.63) is 59.4 Å². The third-order valence-electron chi connectivity index (χ3n) is 5.23. The van der Waals surface area contributed by atoms with E-state index in [4.69, 9.17) is 9.15 Å². The van der Waals surface area contributed by atoms with E-state index < -0.39 is 0 Å². The maximum absolute atomic E-state index is 12.7. The minimum absolute atomic E-state index is 0.0236. The minimum Gasteiger partial charge on any atom is -0.493 e. The number of anilines is 1. The number of rotatable bonds is 4. The minimum atomic E-state index is -0.325. The first-order chi connectivity index (χ1) is 14.0. The second kappa shape index (κ2) is 7.62. The van der Waals surface area contributed by atoms with Gasteiger partial charge in [0, 0.05) is 30.1 Å². The van der Waals surface area contributed by atoms with E-state index >= 15 is 0 Å². The lowest BCUT2D eigenvalue weighted by atomic mass is 9.98. The summed E-state index contributed by atoms with van der Waals surface area (Å²) in [4.78, 5) is 26.9. The Balaban J connectivity index is 1.54. The molecule has 29 heavy (non-hydrogen) atoms. The Morgan fingerprint density at radius 3 is 2.72 bits per heavy atom. The van der Waals surface area contributed by atoms with E-state index in [1.165, 1.54) is 5.56 Å². The quantitative estimate of drug-likeness (QED) is 0.721. The monoisotopic (exact) mass is 392 g/mol. The number of nitrogens with zero attached hydrogens (tertiary/aromatic N) is 1. The topological polar surface area (TPSA) is 71.8 Å². The first-order valence-electron chi connectivity index (χ1n) is 9.74. The summed E-state index contributed by atoms with van der Waals surface area (Å²) < 4.78 is 11.0. The largest absolute Gasteiger partial charge is 0.493 e. The number of para-hydroxylation sites is 1. The average Bonchev–Trinajstić information content (AvgIpc) is 3.17. The van der Waals surface area contributed by atoms with Crippen LogP contribution in [-0.4, -0.2) is 30.4 Å². The Bertz CT molecular complexity index is 1080. The van der Waals surface area contributed by atoms with Gasteiger partial charge in [-0.3, -0.25) is 9.59 Å². The van der Waals surface area contributed by atoms with Crippen molar-refractivity contribution in [2.24, 2.45) is 5.92 Å². The third-order valence-corrected chi connectivity index (χ3v) is 5.23. The molecule has 1 N–H and O–H groups in total. The smallest absolute Gasteiger partial charge is 0.291 e. The fraction of sp³-hybridized carbons (Fsp3) is 0.304. The van der Waals surface area contributed by atoms with Crippen LogP contribution in [0.5, 0.6) is 5.75 Å². The Morgan fingerprint density at radius 2 is 1.97 bits per heavy atom. The SMILES string of the molecule is COc1cccc2cc(C(=O)Nc3ccc4c(c3)CN(C(=O)C(C)C)CC4)oc12. The molecule has 2 aromatic carbocycles. The molecule has 0 atom stereocenters. The van der Waals surface area contributed by atoms with Gasteiger partial charge in [0.05, 0.1) is 7.11 Å². The summed E-state index contributed by atoms with van der Waals surface area (Å²) in [5.74, 6) is 0.615. The van der Waals surface area contributed by atoms with Crippen LogP contribution in [0.25, 0.3) is 11.0 Å². The van der Waals surface area contributed by atoms with Gasteiger partial charge in [-0.1, -0.05) is 32.0 Å². The molecule has 0 spiro atoms. The predicted octanol–water partition coefficient (Wildman–Crippen LogP) is 4.23. The van der Waals surface area contributed by atoms with E-state index in [0.29, 0.717) is 23.6 Å². The van der Waals surface area contributed by atoms with E-state index in [-0.39, 0.29) is 23.5 Å². The van der Waals surface area contributed by atoms with Gasteiger partial charge in [-0.15, -0.1) is 0 Å². The molecule has 2 heterocycles. The molecule has 6 nitrogen and oxygen atoms in total. The number of nitrogens with one attached hydrogen (secondary N) is 1. The van der Waals surface area contributed by atoms with Crippen molar-refractivity contribution in [3.8, 4) is 5.75 Å². The number of carbonyl (C=O) groups is 2. The van der Waals surface area contributed by atoms with E-state index in [1.54, 1.807) is 19.2 Å². The highest BCUT2D eigenvalue weighted by Crippen LogP contribution is 2.29. The summed E-state index contributed by atoms with van der Waals surface area (Å²) in [6, 6.07) is 13.1. The zero-order chi connectivity index (χ0) is 20.5. The predicted molar refractivity (Wildman–Crippen MR) is 111 cm³/mol. The van der Waals surface area contributed by atoms with Gasteiger partial charge in [0.15, 0.2) is 17.1 Å².